The van der Waals surface area contributed by atoms with Crippen molar-refractivity contribution in [1.29, 1.82) is 0 Å². The Hall–Kier alpha value is -1.10. The molecule has 0 aliphatic carbocycles. The Morgan fingerprint density at radius 1 is 1.31 bits per heavy atom. The zero-order chi connectivity index (χ0) is 11.8. The smallest absolute Gasteiger partial charge is 0.315 e. The van der Waals surface area contributed by atoms with Crippen LogP contribution < -0.4 is 11.1 Å². The van der Waals surface area contributed by atoms with E-state index in [0.29, 0.717) is 24.9 Å². The van der Waals surface area contributed by atoms with Crippen molar-refractivity contribution in [1.82, 2.24) is 10.2 Å². The van der Waals surface area contributed by atoms with Gasteiger partial charge in [-0.2, -0.15) is 0 Å². The Morgan fingerprint density at radius 2 is 2.12 bits per heavy atom. The van der Waals surface area contributed by atoms with E-state index in [1.165, 1.54) is 12.8 Å². The third kappa shape index (κ3) is 5.11. The predicted molar refractivity (Wildman–Crippen MR) is 64.2 cm³/mol. The van der Waals surface area contributed by atoms with E-state index in [0.717, 1.165) is 18.9 Å². The van der Waals surface area contributed by atoms with Crippen molar-refractivity contribution >= 4 is 6.01 Å². The number of nitrogens with zero attached hydrogens (tertiary/aromatic N) is 2. The van der Waals surface area contributed by atoms with E-state index in [-0.39, 0.29) is 0 Å². The average Bonchev–Trinajstić information content (AvgIpc) is 2.65. The van der Waals surface area contributed by atoms with Crippen LogP contribution in [0, 0.1) is 5.92 Å². The molecule has 0 aliphatic rings. The van der Waals surface area contributed by atoms with E-state index in [9.17, 15) is 0 Å². The van der Waals surface area contributed by atoms with Crippen LogP contribution in [0.2, 0.25) is 0 Å². The number of rotatable bonds is 8. The molecule has 0 fully saturated rings. The van der Waals surface area contributed by atoms with Crippen LogP contribution in [0.1, 0.15) is 39.0 Å². The molecule has 0 saturated heterocycles. The quantitative estimate of drug-likeness (QED) is 0.661. The summed E-state index contributed by atoms with van der Waals surface area (Å²) in [7, 11) is 0. The molecule has 0 saturated carbocycles. The number of nitrogens with two attached hydrogens (primary N) is 1. The number of hydrogen-bond acceptors (Lipinski definition) is 5. The Labute approximate surface area is 96.8 Å². The Balaban J connectivity index is 2.12. The van der Waals surface area contributed by atoms with Crippen molar-refractivity contribution in [2.75, 3.05) is 18.4 Å². The molecule has 92 valence electrons. The van der Waals surface area contributed by atoms with Gasteiger partial charge in [0.25, 0.3) is 0 Å². The molecule has 0 aromatic carbocycles. The normalized spacial score (nSPS) is 11.0. The number of hydrogen-bond donors (Lipinski definition) is 2. The van der Waals surface area contributed by atoms with Crippen LogP contribution in [0.3, 0.4) is 0 Å². The predicted octanol–water partition coefficient (Wildman–Crippen LogP) is 1.81. The van der Waals surface area contributed by atoms with E-state index in [1.807, 2.05) is 0 Å². The van der Waals surface area contributed by atoms with Crippen molar-refractivity contribution < 1.29 is 4.42 Å². The lowest BCUT2D eigenvalue weighted by atomic mass is 10.1. The zero-order valence-electron chi connectivity index (χ0n) is 10.2. The second-order valence-corrected chi connectivity index (χ2v) is 4.36. The molecule has 3 N–H and O–H groups in total. The van der Waals surface area contributed by atoms with Gasteiger partial charge in [0.15, 0.2) is 0 Å². The molecule has 1 aromatic rings. The minimum atomic E-state index is 0.507. The van der Waals surface area contributed by atoms with Gasteiger partial charge in [-0.1, -0.05) is 31.8 Å². The van der Waals surface area contributed by atoms with Gasteiger partial charge in [0.05, 0.1) is 0 Å². The third-order valence-corrected chi connectivity index (χ3v) is 2.31. The number of aromatic nitrogens is 2. The van der Waals surface area contributed by atoms with Crippen LogP contribution in [-0.2, 0) is 6.42 Å². The summed E-state index contributed by atoms with van der Waals surface area (Å²) in [5.74, 6) is 1.38. The van der Waals surface area contributed by atoms with Crippen LogP contribution in [0.25, 0.3) is 0 Å². The topological polar surface area (TPSA) is 77.0 Å². The first-order valence-corrected chi connectivity index (χ1v) is 5.98. The molecular formula is C11H22N4O. The fraction of sp³-hybridized carbons (Fsp3) is 0.818. The van der Waals surface area contributed by atoms with E-state index in [4.69, 9.17) is 10.2 Å². The summed E-state index contributed by atoms with van der Waals surface area (Å²) in [5, 5.41) is 10.9. The molecule has 5 heteroatoms. The van der Waals surface area contributed by atoms with E-state index in [1.54, 1.807) is 0 Å². The van der Waals surface area contributed by atoms with Gasteiger partial charge in [0, 0.05) is 19.5 Å². The van der Waals surface area contributed by atoms with E-state index in [2.05, 4.69) is 29.4 Å². The van der Waals surface area contributed by atoms with Crippen molar-refractivity contribution in [2.24, 2.45) is 11.7 Å². The second-order valence-electron chi connectivity index (χ2n) is 4.36. The van der Waals surface area contributed by atoms with Crippen molar-refractivity contribution in [3.63, 3.8) is 0 Å². The fourth-order valence-electron chi connectivity index (χ4n) is 1.42. The zero-order valence-corrected chi connectivity index (χ0v) is 10.2. The van der Waals surface area contributed by atoms with Gasteiger partial charge in [-0.05, 0) is 12.3 Å². The van der Waals surface area contributed by atoms with Crippen molar-refractivity contribution in [3.8, 4) is 0 Å². The Morgan fingerprint density at radius 3 is 2.81 bits per heavy atom. The summed E-state index contributed by atoms with van der Waals surface area (Å²) in [4.78, 5) is 0. The molecule has 5 nitrogen and oxygen atoms in total. The highest BCUT2D eigenvalue weighted by Crippen LogP contribution is 2.08. The maximum Gasteiger partial charge on any atom is 0.315 e. The fourth-order valence-corrected chi connectivity index (χ4v) is 1.42. The van der Waals surface area contributed by atoms with Crippen molar-refractivity contribution in [2.45, 2.75) is 39.5 Å². The lowest BCUT2D eigenvalue weighted by Crippen LogP contribution is -2.03. The highest BCUT2D eigenvalue weighted by atomic mass is 16.4. The van der Waals surface area contributed by atoms with Crippen molar-refractivity contribution in [3.05, 3.63) is 5.89 Å². The van der Waals surface area contributed by atoms with Crippen LogP contribution in [0.4, 0.5) is 6.01 Å². The molecule has 16 heavy (non-hydrogen) atoms. The molecule has 0 amide bonds. The maximum atomic E-state index is 5.39. The SMILES string of the molecule is CC(C)CCCCNc1nnc(CCN)o1. The first-order valence-electron chi connectivity index (χ1n) is 5.98. The van der Waals surface area contributed by atoms with Gasteiger partial charge in [0.2, 0.25) is 5.89 Å². The van der Waals surface area contributed by atoms with Gasteiger partial charge >= 0.3 is 6.01 Å². The minimum Gasteiger partial charge on any atom is -0.408 e. The molecule has 0 unspecified atom stereocenters. The summed E-state index contributed by atoms with van der Waals surface area (Å²) in [6.07, 6.45) is 4.27. The van der Waals surface area contributed by atoms with Gasteiger partial charge in [-0.3, -0.25) is 0 Å². The molecule has 0 radical (unpaired) electrons. The summed E-state index contributed by atoms with van der Waals surface area (Å²) < 4.78 is 5.34. The Kier molecular flexibility index (Phi) is 5.85. The largest absolute Gasteiger partial charge is 0.408 e. The van der Waals surface area contributed by atoms with Crippen LogP contribution in [0.15, 0.2) is 4.42 Å². The monoisotopic (exact) mass is 226 g/mol. The molecular weight excluding hydrogens is 204 g/mol. The number of anilines is 1. The van der Waals surface area contributed by atoms with Crippen LogP contribution in [-0.4, -0.2) is 23.3 Å². The summed E-state index contributed by atoms with van der Waals surface area (Å²) in [5.41, 5.74) is 5.39. The van der Waals surface area contributed by atoms with E-state index >= 15 is 0 Å². The highest BCUT2D eigenvalue weighted by Gasteiger charge is 2.03. The molecule has 1 heterocycles. The third-order valence-electron chi connectivity index (χ3n) is 2.31. The molecule has 0 aliphatic heterocycles. The van der Waals surface area contributed by atoms with Gasteiger partial charge in [-0.15, -0.1) is 5.10 Å². The number of nitrogens with one attached hydrogen (secondary N) is 1. The lowest BCUT2D eigenvalue weighted by Gasteiger charge is -2.04. The molecule has 0 spiro atoms. The summed E-state index contributed by atoms with van der Waals surface area (Å²) in [6.45, 7) is 5.90. The summed E-state index contributed by atoms with van der Waals surface area (Å²) in [6, 6.07) is 0.507. The first-order chi connectivity index (χ1) is 7.72. The lowest BCUT2D eigenvalue weighted by molar-refractivity contribution is 0.502. The Bertz CT molecular complexity index is 285. The first kappa shape index (κ1) is 13.0. The number of unbranched alkanes of at least 4 members (excludes halogenated alkanes) is 1. The molecule has 1 aromatic heterocycles. The summed E-state index contributed by atoms with van der Waals surface area (Å²) >= 11 is 0. The average molecular weight is 226 g/mol. The minimum absolute atomic E-state index is 0.507. The van der Waals surface area contributed by atoms with Crippen LogP contribution >= 0.6 is 0 Å². The van der Waals surface area contributed by atoms with Gasteiger partial charge < -0.3 is 15.5 Å². The maximum absolute atomic E-state index is 5.39. The standard InChI is InChI=1S/C11H22N4O/c1-9(2)5-3-4-8-13-11-15-14-10(16-11)6-7-12/h9H,3-8,12H2,1-2H3,(H,13,15). The van der Waals surface area contributed by atoms with Gasteiger partial charge in [-0.25, -0.2) is 0 Å². The van der Waals surface area contributed by atoms with Gasteiger partial charge in [0.1, 0.15) is 0 Å². The highest BCUT2D eigenvalue weighted by molar-refractivity contribution is 5.16. The molecule has 0 bridgehead atoms. The molecule has 1 rings (SSSR count). The van der Waals surface area contributed by atoms with Crippen LogP contribution in [0.5, 0.6) is 0 Å². The second kappa shape index (κ2) is 7.22. The molecule has 0 atom stereocenters. The van der Waals surface area contributed by atoms with E-state index < -0.39 is 0 Å².